The normalized spacial score (nSPS) is 15.1. The monoisotopic (exact) mass is 283 g/mol. The molecular weight excluding hydrogens is 270 g/mol. The van der Waals surface area contributed by atoms with Crippen LogP contribution in [0.15, 0.2) is 18.2 Å². The minimum atomic E-state index is -1.08. The topological polar surface area (TPSA) is 81.7 Å². The third-order valence-corrected chi connectivity index (χ3v) is 3.02. The first-order chi connectivity index (χ1) is 9.06. The van der Waals surface area contributed by atoms with Gasteiger partial charge in [-0.15, -0.1) is 0 Å². The zero-order chi connectivity index (χ0) is 13.8. The third-order valence-electron chi connectivity index (χ3n) is 2.80. The maximum absolute atomic E-state index is 12.0. The lowest BCUT2D eigenvalue weighted by Gasteiger charge is -2.27. The van der Waals surface area contributed by atoms with E-state index in [4.69, 9.17) is 16.7 Å². The quantitative estimate of drug-likeness (QED) is 0.768. The molecule has 0 atom stereocenters. The van der Waals surface area contributed by atoms with Gasteiger partial charge < -0.3 is 20.6 Å². The number of hydrogen-bond acceptors (Lipinski definition) is 3. The Bertz CT molecular complexity index is 501. The summed E-state index contributed by atoms with van der Waals surface area (Å²) in [5.41, 5.74) is 0.427. The summed E-state index contributed by atoms with van der Waals surface area (Å²) in [5, 5.41) is 15.0. The van der Waals surface area contributed by atoms with Crippen LogP contribution < -0.4 is 10.6 Å². The molecular formula is C12H14ClN3O3. The van der Waals surface area contributed by atoms with Crippen molar-refractivity contribution in [1.29, 1.82) is 0 Å². The number of carboxylic acid groups (broad SMARTS) is 1. The Kier molecular flexibility index (Phi) is 4.24. The molecule has 1 fully saturated rings. The van der Waals surface area contributed by atoms with E-state index in [-0.39, 0.29) is 16.6 Å². The van der Waals surface area contributed by atoms with E-state index in [1.165, 1.54) is 18.2 Å². The Morgan fingerprint density at radius 2 is 1.95 bits per heavy atom. The number of nitrogens with one attached hydrogen (secondary N) is 2. The number of urea groups is 1. The summed E-state index contributed by atoms with van der Waals surface area (Å²) in [6.07, 6.45) is 0. The van der Waals surface area contributed by atoms with Crippen LogP contribution >= 0.6 is 11.6 Å². The fourth-order valence-electron chi connectivity index (χ4n) is 1.86. The first-order valence-electron chi connectivity index (χ1n) is 5.87. The number of nitrogens with zero attached hydrogens (tertiary/aromatic N) is 1. The number of halogens is 1. The second kappa shape index (κ2) is 5.90. The number of hydrogen-bond donors (Lipinski definition) is 3. The summed E-state index contributed by atoms with van der Waals surface area (Å²) >= 11 is 5.83. The van der Waals surface area contributed by atoms with E-state index in [0.717, 1.165) is 13.1 Å². The third kappa shape index (κ3) is 3.59. The molecule has 19 heavy (non-hydrogen) atoms. The van der Waals surface area contributed by atoms with E-state index < -0.39 is 5.97 Å². The molecule has 6 nitrogen and oxygen atoms in total. The fourth-order valence-corrected chi connectivity index (χ4v) is 2.09. The van der Waals surface area contributed by atoms with Gasteiger partial charge in [0.1, 0.15) is 0 Å². The van der Waals surface area contributed by atoms with Crippen molar-refractivity contribution >= 4 is 29.3 Å². The molecule has 2 amide bonds. The molecule has 0 spiro atoms. The highest BCUT2D eigenvalue weighted by atomic mass is 35.5. The summed E-state index contributed by atoms with van der Waals surface area (Å²) in [6.45, 7) is 2.75. The highest BCUT2D eigenvalue weighted by Crippen LogP contribution is 2.19. The Morgan fingerprint density at radius 3 is 2.58 bits per heavy atom. The summed E-state index contributed by atoms with van der Waals surface area (Å²) in [7, 11) is 0. The largest absolute Gasteiger partial charge is 0.478 e. The summed E-state index contributed by atoms with van der Waals surface area (Å²) in [6, 6.07) is 3.99. The average Bonchev–Trinajstić information content (AvgIpc) is 2.39. The summed E-state index contributed by atoms with van der Waals surface area (Å²) in [4.78, 5) is 24.5. The maximum atomic E-state index is 12.0. The van der Waals surface area contributed by atoms with Crippen LogP contribution in [0.25, 0.3) is 0 Å². The van der Waals surface area contributed by atoms with Crippen LogP contribution in [-0.4, -0.2) is 48.2 Å². The molecule has 1 aliphatic heterocycles. The predicted octanol–water partition coefficient (Wildman–Crippen LogP) is 1.48. The number of carboxylic acids is 1. The Labute approximate surface area is 115 Å². The van der Waals surface area contributed by atoms with E-state index in [9.17, 15) is 9.59 Å². The number of rotatable bonds is 2. The molecule has 2 rings (SSSR count). The summed E-state index contributed by atoms with van der Waals surface area (Å²) < 4.78 is 0. The van der Waals surface area contributed by atoms with Gasteiger partial charge in [-0.3, -0.25) is 0 Å². The zero-order valence-corrected chi connectivity index (χ0v) is 10.9. The molecule has 1 aromatic rings. The lowest BCUT2D eigenvalue weighted by molar-refractivity contribution is 0.0697. The number of amides is 2. The molecule has 0 saturated carbocycles. The highest BCUT2D eigenvalue weighted by Gasteiger charge is 2.16. The molecule has 1 aliphatic rings. The summed E-state index contributed by atoms with van der Waals surface area (Å²) in [5.74, 6) is -1.08. The van der Waals surface area contributed by atoms with Crippen molar-refractivity contribution in [1.82, 2.24) is 10.2 Å². The van der Waals surface area contributed by atoms with Gasteiger partial charge in [-0.05, 0) is 18.2 Å². The Morgan fingerprint density at radius 1 is 1.26 bits per heavy atom. The van der Waals surface area contributed by atoms with Crippen molar-refractivity contribution in [3.63, 3.8) is 0 Å². The van der Waals surface area contributed by atoms with E-state index in [0.29, 0.717) is 18.8 Å². The lowest BCUT2D eigenvalue weighted by atomic mass is 10.2. The molecule has 1 saturated heterocycles. The molecule has 102 valence electrons. The van der Waals surface area contributed by atoms with Crippen molar-refractivity contribution in [2.75, 3.05) is 31.5 Å². The predicted molar refractivity (Wildman–Crippen MR) is 71.9 cm³/mol. The van der Waals surface area contributed by atoms with Gasteiger partial charge in [-0.2, -0.15) is 0 Å². The van der Waals surface area contributed by atoms with Gasteiger partial charge in [0.25, 0.3) is 0 Å². The van der Waals surface area contributed by atoms with Gasteiger partial charge in [0.05, 0.1) is 5.56 Å². The minimum absolute atomic E-state index is 0.0445. The highest BCUT2D eigenvalue weighted by molar-refractivity contribution is 6.31. The van der Waals surface area contributed by atoms with Crippen LogP contribution in [0.5, 0.6) is 0 Å². The Hall–Kier alpha value is -1.79. The van der Waals surface area contributed by atoms with E-state index in [1.807, 2.05) is 0 Å². The maximum Gasteiger partial charge on any atom is 0.335 e. The smallest absolute Gasteiger partial charge is 0.335 e. The standard InChI is InChI=1S/C12H14ClN3O3/c13-9-5-8(11(17)18)6-10(7-9)15-12(19)16-3-1-14-2-4-16/h5-7,14H,1-4H2,(H,15,19)(H,17,18). The average molecular weight is 284 g/mol. The van der Waals surface area contributed by atoms with E-state index in [2.05, 4.69) is 10.6 Å². The fraction of sp³-hybridized carbons (Fsp3) is 0.333. The molecule has 1 heterocycles. The van der Waals surface area contributed by atoms with Gasteiger partial charge in [0, 0.05) is 36.9 Å². The van der Waals surface area contributed by atoms with Gasteiger partial charge in [0.15, 0.2) is 0 Å². The van der Waals surface area contributed by atoms with Crippen LogP contribution in [-0.2, 0) is 0 Å². The molecule has 3 N–H and O–H groups in total. The van der Waals surface area contributed by atoms with Crippen LogP contribution in [0.4, 0.5) is 10.5 Å². The molecule has 0 radical (unpaired) electrons. The number of carbonyl (C=O) groups excluding carboxylic acids is 1. The number of aromatic carboxylic acids is 1. The SMILES string of the molecule is O=C(O)c1cc(Cl)cc(NC(=O)N2CCNCC2)c1. The van der Waals surface area contributed by atoms with Crippen LogP contribution in [0, 0.1) is 0 Å². The van der Waals surface area contributed by atoms with Gasteiger partial charge in [0.2, 0.25) is 0 Å². The lowest BCUT2D eigenvalue weighted by Crippen LogP contribution is -2.48. The first-order valence-corrected chi connectivity index (χ1v) is 6.24. The number of carbonyl (C=O) groups is 2. The van der Waals surface area contributed by atoms with Crippen LogP contribution in [0.2, 0.25) is 5.02 Å². The molecule has 1 aromatic carbocycles. The van der Waals surface area contributed by atoms with Crippen LogP contribution in [0.1, 0.15) is 10.4 Å². The molecule has 7 heteroatoms. The van der Waals surface area contributed by atoms with E-state index in [1.54, 1.807) is 4.90 Å². The van der Waals surface area contributed by atoms with Gasteiger partial charge in [-0.25, -0.2) is 9.59 Å². The molecule has 0 aromatic heterocycles. The number of benzene rings is 1. The molecule has 0 unspecified atom stereocenters. The van der Waals surface area contributed by atoms with E-state index >= 15 is 0 Å². The van der Waals surface area contributed by atoms with Gasteiger partial charge >= 0.3 is 12.0 Å². The zero-order valence-electron chi connectivity index (χ0n) is 10.1. The molecule has 0 aliphatic carbocycles. The van der Waals surface area contributed by atoms with Crippen molar-refractivity contribution in [2.24, 2.45) is 0 Å². The van der Waals surface area contributed by atoms with Crippen molar-refractivity contribution in [2.45, 2.75) is 0 Å². The Balaban J connectivity index is 2.09. The van der Waals surface area contributed by atoms with Crippen molar-refractivity contribution in [3.05, 3.63) is 28.8 Å². The second-order valence-electron chi connectivity index (χ2n) is 4.20. The minimum Gasteiger partial charge on any atom is -0.478 e. The number of piperazine rings is 1. The van der Waals surface area contributed by atoms with Gasteiger partial charge in [-0.1, -0.05) is 11.6 Å². The second-order valence-corrected chi connectivity index (χ2v) is 4.64. The van der Waals surface area contributed by atoms with Crippen molar-refractivity contribution < 1.29 is 14.7 Å². The number of anilines is 1. The first kappa shape index (κ1) is 13.6. The van der Waals surface area contributed by atoms with Crippen LogP contribution in [0.3, 0.4) is 0 Å². The van der Waals surface area contributed by atoms with Crippen molar-refractivity contribution in [3.8, 4) is 0 Å². The molecule has 0 bridgehead atoms.